The monoisotopic (exact) mass is 440 g/mol. The Morgan fingerprint density at radius 3 is 2.68 bits per heavy atom. The normalized spacial score (nSPS) is 13.5. The lowest BCUT2D eigenvalue weighted by molar-refractivity contribution is 0.0997. The first-order valence-corrected chi connectivity index (χ1v) is 11.8. The lowest BCUT2D eigenvalue weighted by Gasteiger charge is -2.18. The highest BCUT2D eigenvalue weighted by molar-refractivity contribution is 7.16. The van der Waals surface area contributed by atoms with Crippen LogP contribution in [-0.4, -0.2) is 30.3 Å². The van der Waals surface area contributed by atoms with E-state index >= 15 is 0 Å². The maximum absolute atomic E-state index is 13.0. The Hall–Kier alpha value is -2.80. The number of amides is 1. The molecule has 2 aromatic carbocycles. The lowest BCUT2D eigenvalue weighted by Crippen LogP contribution is -2.17. The van der Waals surface area contributed by atoms with Gasteiger partial charge in [0.2, 0.25) is 0 Å². The van der Waals surface area contributed by atoms with Crippen LogP contribution in [-0.2, 0) is 6.54 Å². The standard InChI is InChI=1S/C24H28N2O4S/c1-3-5-6-11-28-18-9-7-8-17(14-18)23(27)25-24-26(10-4-2)19-15-20-21(16-22(19)31-24)30-13-12-29-20/h7-9,14-16H,3-6,10-13H2,1-2H3. The molecular formula is C24H28N2O4S. The average molecular weight is 441 g/mol. The van der Waals surface area contributed by atoms with Crippen molar-refractivity contribution in [1.82, 2.24) is 4.57 Å². The van der Waals surface area contributed by atoms with Crippen LogP contribution < -0.4 is 19.0 Å². The SMILES string of the molecule is CCCCCOc1cccc(C(=O)N=c2sc3cc4c(cc3n2CCC)OCCO4)c1. The fraction of sp³-hybridized carbons (Fsp3) is 0.417. The summed E-state index contributed by atoms with van der Waals surface area (Å²) < 4.78 is 20.4. The first-order chi connectivity index (χ1) is 15.2. The number of ether oxygens (including phenoxy) is 3. The Morgan fingerprint density at radius 2 is 1.90 bits per heavy atom. The maximum atomic E-state index is 13.0. The third-order valence-corrected chi connectivity index (χ3v) is 6.13. The van der Waals surface area contributed by atoms with Gasteiger partial charge in [0.25, 0.3) is 5.91 Å². The van der Waals surface area contributed by atoms with Gasteiger partial charge in [-0.05, 0) is 31.0 Å². The van der Waals surface area contributed by atoms with Crippen LogP contribution in [0.5, 0.6) is 17.2 Å². The van der Waals surface area contributed by atoms with Gasteiger partial charge < -0.3 is 18.8 Å². The zero-order valence-corrected chi connectivity index (χ0v) is 18.9. The van der Waals surface area contributed by atoms with Crippen molar-refractivity contribution in [3.8, 4) is 17.2 Å². The van der Waals surface area contributed by atoms with Gasteiger partial charge in [0.1, 0.15) is 19.0 Å². The van der Waals surface area contributed by atoms with Crippen LogP contribution in [0.1, 0.15) is 49.9 Å². The second-order valence-corrected chi connectivity index (χ2v) is 8.51. The minimum atomic E-state index is -0.271. The van der Waals surface area contributed by atoms with Crippen molar-refractivity contribution in [3.63, 3.8) is 0 Å². The van der Waals surface area contributed by atoms with E-state index in [1.54, 1.807) is 12.1 Å². The van der Waals surface area contributed by atoms with Crippen LogP contribution in [0.2, 0.25) is 0 Å². The molecule has 3 aromatic rings. The molecule has 1 aliphatic heterocycles. The van der Waals surface area contributed by atoms with Gasteiger partial charge in [0.05, 0.1) is 16.8 Å². The number of carbonyl (C=O) groups excluding carboxylic acids is 1. The van der Waals surface area contributed by atoms with E-state index in [9.17, 15) is 4.79 Å². The number of hydrogen-bond donors (Lipinski definition) is 0. The van der Waals surface area contributed by atoms with E-state index in [0.29, 0.717) is 35.9 Å². The van der Waals surface area contributed by atoms with E-state index in [1.165, 1.54) is 11.3 Å². The minimum Gasteiger partial charge on any atom is -0.494 e. The van der Waals surface area contributed by atoms with Crippen molar-refractivity contribution >= 4 is 27.5 Å². The quantitative estimate of drug-likeness (QED) is 0.452. The number of carbonyl (C=O) groups is 1. The molecule has 0 radical (unpaired) electrons. The van der Waals surface area contributed by atoms with Crippen molar-refractivity contribution < 1.29 is 19.0 Å². The first-order valence-electron chi connectivity index (χ1n) is 10.9. The van der Waals surface area contributed by atoms with Crippen molar-refractivity contribution in [3.05, 3.63) is 46.8 Å². The number of aromatic nitrogens is 1. The number of fused-ring (bicyclic) bond motifs is 2. The summed E-state index contributed by atoms with van der Waals surface area (Å²) >= 11 is 1.49. The smallest absolute Gasteiger partial charge is 0.279 e. The summed E-state index contributed by atoms with van der Waals surface area (Å²) in [7, 11) is 0. The highest BCUT2D eigenvalue weighted by atomic mass is 32.1. The summed E-state index contributed by atoms with van der Waals surface area (Å²) in [4.78, 5) is 18.1. The molecule has 6 nitrogen and oxygen atoms in total. The molecule has 0 unspecified atom stereocenters. The minimum absolute atomic E-state index is 0.271. The van der Waals surface area contributed by atoms with Gasteiger partial charge in [0, 0.05) is 24.2 Å². The number of benzene rings is 2. The third kappa shape index (κ3) is 4.93. The molecule has 2 heterocycles. The Balaban J connectivity index is 1.65. The molecule has 1 aromatic heterocycles. The molecule has 0 fully saturated rings. The molecule has 0 bridgehead atoms. The van der Waals surface area contributed by atoms with Crippen LogP contribution in [0.4, 0.5) is 0 Å². The van der Waals surface area contributed by atoms with Gasteiger partial charge in [-0.1, -0.05) is 44.1 Å². The van der Waals surface area contributed by atoms with E-state index in [4.69, 9.17) is 14.2 Å². The number of hydrogen-bond acceptors (Lipinski definition) is 5. The van der Waals surface area contributed by atoms with Gasteiger partial charge in [-0.15, -0.1) is 0 Å². The number of nitrogens with zero attached hydrogens (tertiary/aromatic N) is 2. The fourth-order valence-corrected chi connectivity index (χ4v) is 4.61. The van der Waals surface area contributed by atoms with Crippen LogP contribution in [0, 0.1) is 0 Å². The summed E-state index contributed by atoms with van der Waals surface area (Å²) in [6.45, 7) is 6.79. The second kappa shape index (κ2) is 10.0. The van der Waals surface area contributed by atoms with E-state index in [2.05, 4.69) is 23.4 Å². The highest BCUT2D eigenvalue weighted by Gasteiger charge is 2.17. The summed E-state index contributed by atoms with van der Waals surface area (Å²) in [6, 6.07) is 11.2. The highest BCUT2D eigenvalue weighted by Crippen LogP contribution is 2.35. The lowest BCUT2D eigenvalue weighted by atomic mass is 10.2. The third-order valence-electron chi connectivity index (χ3n) is 5.09. The number of rotatable bonds is 8. The zero-order valence-electron chi connectivity index (χ0n) is 18.1. The van der Waals surface area contributed by atoms with E-state index < -0.39 is 0 Å². The molecule has 0 N–H and O–H groups in total. The predicted octanol–water partition coefficient (Wildman–Crippen LogP) is 5.19. The number of aryl methyl sites for hydroxylation is 1. The average Bonchev–Trinajstić information content (AvgIpc) is 3.11. The maximum Gasteiger partial charge on any atom is 0.279 e. The zero-order chi connectivity index (χ0) is 21.6. The largest absolute Gasteiger partial charge is 0.494 e. The Kier molecular flexibility index (Phi) is 6.92. The number of thiazole rings is 1. The van der Waals surface area contributed by atoms with Crippen LogP contribution >= 0.6 is 11.3 Å². The van der Waals surface area contributed by atoms with E-state index in [-0.39, 0.29) is 5.91 Å². The Labute approximate surface area is 186 Å². The molecule has 0 saturated carbocycles. The molecule has 7 heteroatoms. The molecule has 0 spiro atoms. The summed E-state index contributed by atoms with van der Waals surface area (Å²) in [5, 5.41) is 0. The molecule has 1 amide bonds. The van der Waals surface area contributed by atoms with Crippen LogP contribution in [0.25, 0.3) is 10.2 Å². The van der Waals surface area contributed by atoms with E-state index in [0.717, 1.165) is 53.9 Å². The van der Waals surface area contributed by atoms with Gasteiger partial charge in [-0.3, -0.25) is 4.79 Å². The Morgan fingerprint density at radius 1 is 1.10 bits per heavy atom. The number of unbranched alkanes of at least 4 members (excludes halogenated alkanes) is 2. The second-order valence-electron chi connectivity index (χ2n) is 7.50. The predicted molar refractivity (Wildman–Crippen MR) is 122 cm³/mol. The molecule has 0 aliphatic carbocycles. The first kappa shape index (κ1) is 21.4. The molecule has 4 rings (SSSR count). The molecular weight excluding hydrogens is 412 g/mol. The topological polar surface area (TPSA) is 62.0 Å². The van der Waals surface area contributed by atoms with Crippen LogP contribution in [0.3, 0.4) is 0 Å². The molecule has 0 atom stereocenters. The van der Waals surface area contributed by atoms with Crippen molar-refractivity contribution in [2.24, 2.45) is 4.99 Å². The Bertz CT molecular complexity index is 1130. The molecule has 164 valence electrons. The fourth-order valence-electron chi connectivity index (χ4n) is 3.54. The van der Waals surface area contributed by atoms with Crippen molar-refractivity contribution in [2.75, 3.05) is 19.8 Å². The summed E-state index contributed by atoms with van der Waals surface area (Å²) in [5.74, 6) is 1.92. The van der Waals surface area contributed by atoms with Crippen molar-refractivity contribution in [1.29, 1.82) is 0 Å². The summed E-state index contributed by atoms with van der Waals surface area (Å²) in [6.07, 6.45) is 4.23. The van der Waals surface area contributed by atoms with Crippen LogP contribution in [0.15, 0.2) is 41.4 Å². The summed E-state index contributed by atoms with van der Waals surface area (Å²) in [5.41, 5.74) is 1.54. The molecule has 0 saturated heterocycles. The van der Waals surface area contributed by atoms with Crippen molar-refractivity contribution in [2.45, 2.75) is 46.1 Å². The van der Waals surface area contributed by atoms with Gasteiger partial charge in [0.15, 0.2) is 16.3 Å². The van der Waals surface area contributed by atoms with E-state index in [1.807, 2.05) is 24.3 Å². The molecule has 31 heavy (non-hydrogen) atoms. The van der Waals surface area contributed by atoms with Gasteiger partial charge in [-0.25, -0.2) is 0 Å². The molecule has 1 aliphatic rings. The van der Waals surface area contributed by atoms with Gasteiger partial charge >= 0.3 is 0 Å². The van der Waals surface area contributed by atoms with Gasteiger partial charge in [-0.2, -0.15) is 4.99 Å².